The van der Waals surface area contributed by atoms with Gasteiger partial charge in [0.2, 0.25) is 5.88 Å². The van der Waals surface area contributed by atoms with Crippen LogP contribution in [-0.4, -0.2) is 32.0 Å². The molecule has 0 unspecified atom stereocenters. The molecule has 3 rings (SSSR count). The van der Waals surface area contributed by atoms with E-state index in [1.165, 1.54) is 6.33 Å². The highest BCUT2D eigenvalue weighted by Gasteiger charge is 2.11. The number of fused-ring (bicyclic) bond motifs is 1. The summed E-state index contributed by atoms with van der Waals surface area (Å²) in [6, 6.07) is 3.72. The number of pyridine rings is 1. The van der Waals surface area contributed by atoms with Crippen LogP contribution >= 0.6 is 0 Å². The highest BCUT2D eigenvalue weighted by molar-refractivity contribution is 5.76. The second-order valence-corrected chi connectivity index (χ2v) is 3.41. The van der Waals surface area contributed by atoms with Gasteiger partial charge in [0.05, 0.1) is 18.9 Å². The van der Waals surface area contributed by atoms with E-state index in [1.807, 2.05) is 12.1 Å². The molecule has 1 N–H and O–H groups in total. The number of methoxy groups -OCH3 is 1. The van der Waals surface area contributed by atoms with E-state index in [4.69, 9.17) is 4.74 Å². The number of rotatable bonds is 2. The summed E-state index contributed by atoms with van der Waals surface area (Å²) in [6.45, 7) is 0. The van der Waals surface area contributed by atoms with Gasteiger partial charge < -0.3 is 9.72 Å². The van der Waals surface area contributed by atoms with E-state index in [-0.39, 0.29) is 0 Å². The molecule has 3 aromatic rings. The molecule has 0 saturated heterocycles. The minimum absolute atomic E-state index is 0.527. The average molecular weight is 227 g/mol. The predicted molar refractivity (Wildman–Crippen MR) is 61.5 cm³/mol. The summed E-state index contributed by atoms with van der Waals surface area (Å²) in [6.07, 6.45) is 4.82. The molecule has 0 aliphatic rings. The summed E-state index contributed by atoms with van der Waals surface area (Å²) in [7, 11) is 1.58. The summed E-state index contributed by atoms with van der Waals surface area (Å²) in [4.78, 5) is 19.6. The minimum Gasteiger partial charge on any atom is -0.480 e. The van der Waals surface area contributed by atoms with Crippen molar-refractivity contribution in [2.75, 3.05) is 7.11 Å². The number of aromatic amines is 1. The largest absolute Gasteiger partial charge is 0.480 e. The van der Waals surface area contributed by atoms with E-state index < -0.39 is 0 Å². The van der Waals surface area contributed by atoms with Gasteiger partial charge in [-0.05, 0) is 12.1 Å². The van der Waals surface area contributed by atoms with Crippen molar-refractivity contribution in [2.45, 2.75) is 0 Å². The van der Waals surface area contributed by atoms with Crippen LogP contribution in [0.15, 0.2) is 30.9 Å². The second-order valence-electron chi connectivity index (χ2n) is 3.41. The highest BCUT2D eigenvalue weighted by Crippen LogP contribution is 2.25. The van der Waals surface area contributed by atoms with E-state index in [0.29, 0.717) is 17.4 Å². The van der Waals surface area contributed by atoms with Gasteiger partial charge >= 0.3 is 0 Å². The number of nitrogens with zero attached hydrogens (tertiary/aromatic N) is 4. The van der Waals surface area contributed by atoms with E-state index in [1.54, 1.807) is 19.5 Å². The monoisotopic (exact) mass is 227 g/mol. The lowest BCUT2D eigenvalue weighted by atomic mass is 10.2. The number of ether oxygens (including phenoxy) is 1. The molecular weight excluding hydrogens is 218 g/mol. The lowest BCUT2D eigenvalue weighted by molar-refractivity contribution is 0.399. The van der Waals surface area contributed by atoms with Gasteiger partial charge in [0.15, 0.2) is 5.65 Å². The molecule has 0 saturated carbocycles. The average Bonchev–Trinajstić information content (AvgIpc) is 2.82. The number of nitrogens with one attached hydrogen (secondary N) is 1. The normalized spacial score (nSPS) is 10.6. The molecule has 0 amide bonds. The van der Waals surface area contributed by atoms with Crippen molar-refractivity contribution in [1.29, 1.82) is 0 Å². The Labute approximate surface area is 96.7 Å². The minimum atomic E-state index is 0.527. The van der Waals surface area contributed by atoms with Gasteiger partial charge in [-0.25, -0.2) is 19.9 Å². The van der Waals surface area contributed by atoms with E-state index >= 15 is 0 Å². The van der Waals surface area contributed by atoms with Crippen LogP contribution in [0.25, 0.3) is 22.6 Å². The molecule has 0 aromatic carbocycles. The van der Waals surface area contributed by atoms with Crippen molar-refractivity contribution in [2.24, 2.45) is 0 Å². The topological polar surface area (TPSA) is 76.6 Å². The van der Waals surface area contributed by atoms with Crippen LogP contribution in [0.3, 0.4) is 0 Å². The molecule has 6 heteroatoms. The van der Waals surface area contributed by atoms with Gasteiger partial charge in [0, 0.05) is 6.20 Å². The van der Waals surface area contributed by atoms with E-state index in [2.05, 4.69) is 24.9 Å². The predicted octanol–water partition coefficient (Wildman–Crippen LogP) is 1.42. The van der Waals surface area contributed by atoms with E-state index in [0.717, 1.165) is 11.1 Å². The smallest absolute Gasteiger partial charge is 0.224 e. The fourth-order valence-electron chi connectivity index (χ4n) is 1.62. The third-order valence-corrected chi connectivity index (χ3v) is 2.38. The first-order valence-electron chi connectivity index (χ1n) is 5.03. The highest BCUT2D eigenvalue weighted by atomic mass is 16.5. The molecule has 6 nitrogen and oxygen atoms in total. The van der Waals surface area contributed by atoms with Crippen LogP contribution in [0.2, 0.25) is 0 Å². The van der Waals surface area contributed by atoms with Gasteiger partial charge in [0.1, 0.15) is 17.7 Å². The number of hydrogen-bond donors (Lipinski definition) is 1. The van der Waals surface area contributed by atoms with Crippen molar-refractivity contribution in [3.05, 3.63) is 30.9 Å². The Morgan fingerprint density at radius 1 is 1.29 bits per heavy atom. The molecular formula is C11H9N5O. The Hall–Kier alpha value is -2.50. The number of aromatic nitrogens is 5. The van der Waals surface area contributed by atoms with Gasteiger partial charge in [-0.1, -0.05) is 0 Å². The van der Waals surface area contributed by atoms with Gasteiger partial charge in [-0.2, -0.15) is 0 Å². The molecule has 3 heterocycles. The number of imidazole rings is 1. The third kappa shape index (κ3) is 1.59. The van der Waals surface area contributed by atoms with Crippen molar-refractivity contribution in [3.63, 3.8) is 0 Å². The van der Waals surface area contributed by atoms with E-state index in [9.17, 15) is 0 Å². The molecule has 0 atom stereocenters. The summed E-state index contributed by atoms with van der Waals surface area (Å²) in [5.74, 6) is 1.20. The van der Waals surface area contributed by atoms with Gasteiger partial charge in [0.25, 0.3) is 0 Å². The Morgan fingerprint density at radius 2 is 2.24 bits per heavy atom. The van der Waals surface area contributed by atoms with Gasteiger partial charge in [-0.15, -0.1) is 0 Å². The molecule has 0 radical (unpaired) electrons. The van der Waals surface area contributed by atoms with Crippen LogP contribution in [0.5, 0.6) is 5.88 Å². The summed E-state index contributed by atoms with van der Waals surface area (Å²) >= 11 is 0. The number of H-pyrrole nitrogens is 1. The molecule has 17 heavy (non-hydrogen) atoms. The summed E-state index contributed by atoms with van der Waals surface area (Å²) in [5.41, 5.74) is 2.21. The Balaban J connectivity index is 2.20. The zero-order valence-electron chi connectivity index (χ0n) is 9.08. The fourth-order valence-corrected chi connectivity index (χ4v) is 1.62. The molecule has 0 fully saturated rings. The molecule has 3 aromatic heterocycles. The quantitative estimate of drug-likeness (QED) is 0.716. The van der Waals surface area contributed by atoms with Crippen molar-refractivity contribution in [1.82, 2.24) is 24.9 Å². The molecule has 84 valence electrons. The van der Waals surface area contributed by atoms with Crippen molar-refractivity contribution in [3.8, 4) is 17.3 Å². The summed E-state index contributed by atoms with van der Waals surface area (Å²) in [5, 5.41) is 0. The second kappa shape index (κ2) is 3.82. The van der Waals surface area contributed by atoms with Crippen LogP contribution in [0.4, 0.5) is 0 Å². The number of hydrogen-bond acceptors (Lipinski definition) is 5. The standard InChI is InChI=1S/C11H9N5O/c1-17-11-7(3-2-4-13-11)9-15-8-5-12-6-14-10(8)16-9/h2-6H,1H3,(H,12,14,15,16). The first-order valence-corrected chi connectivity index (χ1v) is 5.03. The van der Waals surface area contributed by atoms with Crippen LogP contribution in [-0.2, 0) is 0 Å². The molecule has 0 bridgehead atoms. The third-order valence-electron chi connectivity index (χ3n) is 2.38. The SMILES string of the molecule is COc1ncccc1-c1nc2ncncc2[nH]1. The van der Waals surface area contributed by atoms with Crippen LogP contribution in [0, 0.1) is 0 Å². The van der Waals surface area contributed by atoms with Crippen LogP contribution in [0.1, 0.15) is 0 Å². The summed E-state index contributed by atoms with van der Waals surface area (Å²) < 4.78 is 5.19. The maximum absolute atomic E-state index is 5.19. The van der Waals surface area contributed by atoms with Crippen molar-refractivity contribution < 1.29 is 4.74 Å². The molecule has 0 spiro atoms. The Bertz CT molecular complexity index is 631. The molecule has 0 aliphatic carbocycles. The zero-order valence-corrected chi connectivity index (χ0v) is 9.08. The Kier molecular flexibility index (Phi) is 2.18. The maximum Gasteiger partial charge on any atom is 0.224 e. The maximum atomic E-state index is 5.19. The fraction of sp³-hybridized carbons (Fsp3) is 0.0909. The Morgan fingerprint density at radius 3 is 3.06 bits per heavy atom. The van der Waals surface area contributed by atoms with Crippen LogP contribution < -0.4 is 4.74 Å². The first kappa shape index (κ1) is 9.71. The van der Waals surface area contributed by atoms with Crippen molar-refractivity contribution >= 4 is 11.2 Å². The first-order chi connectivity index (χ1) is 8.38. The lowest BCUT2D eigenvalue weighted by Crippen LogP contribution is -1.91. The zero-order chi connectivity index (χ0) is 11.7. The van der Waals surface area contributed by atoms with Gasteiger partial charge in [-0.3, -0.25) is 0 Å². The molecule has 0 aliphatic heterocycles. The lowest BCUT2D eigenvalue weighted by Gasteiger charge is -2.02.